The van der Waals surface area contributed by atoms with Crippen molar-refractivity contribution in [3.05, 3.63) is 30.3 Å². The van der Waals surface area contributed by atoms with Gasteiger partial charge in [0.15, 0.2) is 0 Å². The molecule has 0 saturated carbocycles. The maximum atomic E-state index is 5.40. The molecule has 0 spiro atoms. The van der Waals surface area contributed by atoms with E-state index in [1.54, 1.807) is 0 Å². The van der Waals surface area contributed by atoms with Gasteiger partial charge in [0.1, 0.15) is 0 Å². The highest BCUT2D eigenvalue weighted by Gasteiger charge is 2.19. The van der Waals surface area contributed by atoms with E-state index in [-0.39, 0.29) is 0 Å². The van der Waals surface area contributed by atoms with Crippen LogP contribution in [0.1, 0.15) is 12.8 Å². The highest BCUT2D eigenvalue weighted by atomic mass is 16.5. The first-order chi connectivity index (χ1) is 8.36. The Balaban J connectivity index is 1.59. The molecule has 1 fully saturated rings. The Hall–Kier alpha value is -1.06. The second-order valence-electron chi connectivity index (χ2n) is 4.64. The van der Waals surface area contributed by atoms with Gasteiger partial charge in [-0.2, -0.15) is 0 Å². The lowest BCUT2D eigenvalue weighted by Gasteiger charge is -2.22. The molecule has 1 unspecified atom stereocenters. The van der Waals surface area contributed by atoms with Gasteiger partial charge in [0.2, 0.25) is 0 Å². The van der Waals surface area contributed by atoms with E-state index >= 15 is 0 Å². The van der Waals surface area contributed by atoms with E-state index in [0.29, 0.717) is 6.04 Å². The Morgan fingerprint density at radius 3 is 2.88 bits per heavy atom. The van der Waals surface area contributed by atoms with Crippen molar-refractivity contribution in [2.75, 3.05) is 38.7 Å². The summed E-state index contributed by atoms with van der Waals surface area (Å²) in [7, 11) is 2.20. The molecule has 1 N–H and O–H groups in total. The number of benzene rings is 1. The Morgan fingerprint density at radius 2 is 2.18 bits per heavy atom. The summed E-state index contributed by atoms with van der Waals surface area (Å²) in [4.78, 5) is 2.42. The molecule has 0 aromatic heterocycles. The van der Waals surface area contributed by atoms with Crippen molar-refractivity contribution < 1.29 is 4.74 Å². The van der Waals surface area contributed by atoms with Gasteiger partial charge in [0, 0.05) is 24.9 Å². The molecule has 1 heterocycles. The van der Waals surface area contributed by atoms with Gasteiger partial charge >= 0.3 is 0 Å². The Morgan fingerprint density at radius 1 is 1.35 bits per heavy atom. The third-order valence-electron chi connectivity index (χ3n) is 3.32. The molecule has 0 amide bonds. The Kier molecular flexibility index (Phi) is 4.83. The molecule has 3 nitrogen and oxygen atoms in total. The third-order valence-corrected chi connectivity index (χ3v) is 3.32. The molecule has 0 aliphatic carbocycles. The van der Waals surface area contributed by atoms with Crippen molar-refractivity contribution in [2.45, 2.75) is 18.9 Å². The second kappa shape index (κ2) is 6.62. The molecule has 1 aromatic carbocycles. The summed E-state index contributed by atoms with van der Waals surface area (Å²) in [6.07, 6.45) is 2.35. The summed E-state index contributed by atoms with van der Waals surface area (Å²) in [6, 6.07) is 11.0. The van der Waals surface area contributed by atoms with Gasteiger partial charge in [-0.3, -0.25) is 0 Å². The molecular weight excluding hydrogens is 212 g/mol. The zero-order chi connectivity index (χ0) is 11.9. The molecule has 2 rings (SSSR count). The summed E-state index contributed by atoms with van der Waals surface area (Å²) >= 11 is 0. The van der Waals surface area contributed by atoms with Crippen LogP contribution in [0.15, 0.2) is 30.3 Å². The highest BCUT2D eigenvalue weighted by Crippen LogP contribution is 2.11. The topological polar surface area (TPSA) is 24.5 Å². The number of nitrogens with one attached hydrogen (secondary N) is 1. The molecule has 1 saturated heterocycles. The molecular formula is C14H22N2O. The highest BCUT2D eigenvalue weighted by molar-refractivity contribution is 5.42. The van der Waals surface area contributed by atoms with Crippen molar-refractivity contribution in [1.29, 1.82) is 0 Å². The summed E-state index contributed by atoms with van der Waals surface area (Å²) in [6.45, 7) is 4.00. The van der Waals surface area contributed by atoms with E-state index in [4.69, 9.17) is 4.74 Å². The maximum absolute atomic E-state index is 5.40. The van der Waals surface area contributed by atoms with Gasteiger partial charge in [-0.1, -0.05) is 18.2 Å². The number of hydrogen-bond donors (Lipinski definition) is 1. The van der Waals surface area contributed by atoms with Gasteiger partial charge in [0.05, 0.1) is 6.61 Å². The average molecular weight is 234 g/mol. The smallest absolute Gasteiger partial charge is 0.0622 e. The first-order valence-electron chi connectivity index (χ1n) is 6.43. The monoisotopic (exact) mass is 234 g/mol. The van der Waals surface area contributed by atoms with Crippen LogP contribution in [-0.4, -0.2) is 44.3 Å². The summed E-state index contributed by atoms with van der Waals surface area (Å²) in [5, 5.41) is 3.43. The predicted octanol–water partition coefficient (Wildman–Crippen LogP) is 2.21. The number of anilines is 1. The first-order valence-corrected chi connectivity index (χ1v) is 6.43. The minimum Gasteiger partial charge on any atom is -0.385 e. The van der Waals surface area contributed by atoms with Gasteiger partial charge in [-0.15, -0.1) is 0 Å². The molecule has 17 heavy (non-hydrogen) atoms. The quantitative estimate of drug-likeness (QED) is 0.764. The fourth-order valence-corrected chi connectivity index (χ4v) is 2.17. The van der Waals surface area contributed by atoms with Gasteiger partial charge in [0.25, 0.3) is 0 Å². The number of nitrogens with zero attached hydrogens (tertiary/aromatic N) is 1. The van der Waals surface area contributed by atoms with Crippen LogP contribution in [-0.2, 0) is 4.74 Å². The van der Waals surface area contributed by atoms with Crippen LogP contribution >= 0.6 is 0 Å². The van der Waals surface area contributed by atoms with Crippen LogP contribution in [0.2, 0.25) is 0 Å². The standard InChI is InChI=1S/C14H22N2O/c1-16(14-8-11-17-12-14)10-5-9-15-13-6-3-2-4-7-13/h2-4,6-7,14-15H,5,8-12H2,1H3. The number of para-hydroxylation sites is 1. The lowest BCUT2D eigenvalue weighted by Crippen LogP contribution is -2.33. The molecule has 94 valence electrons. The number of rotatable bonds is 6. The predicted molar refractivity (Wildman–Crippen MR) is 71.4 cm³/mol. The summed E-state index contributed by atoms with van der Waals surface area (Å²) < 4.78 is 5.40. The molecule has 0 radical (unpaired) electrons. The minimum absolute atomic E-state index is 0.631. The van der Waals surface area contributed by atoms with E-state index < -0.39 is 0 Å². The van der Waals surface area contributed by atoms with Crippen molar-refractivity contribution >= 4 is 5.69 Å². The minimum atomic E-state index is 0.631. The SMILES string of the molecule is CN(CCCNc1ccccc1)C1CCOC1. The normalized spacial score (nSPS) is 19.8. The first kappa shape index (κ1) is 12.4. The zero-order valence-electron chi connectivity index (χ0n) is 10.6. The molecule has 3 heteroatoms. The van der Waals surface area contributed by atoms with Crippen LogP contribution in [0, 0.1) is 0 Å². The molecule has 1 atom stereocenters. The Bertz CT molecular complexity index is 309. The fraction of sp³-hybridized carbons (Fsp3) is 0.571. The third kappa shape index (κ3) is 4.02. The van der Waals surface area contributed by atoms with E-state index in [2.05, 4.69) is 41.5 Å². The zero-order valence-corrected chi connectivity index (χ0v) is 10.6. The van der Waals surface area contributed by atoms with Crippen LogP contribution < -0.4 is 5.32 Å². The van der Waals surface area contributed by atoms with Crippen LogP contribution in [0.5, 0.6) is 0 Å². The van der Waals surface area contributed by atoms with E-state index in [1.807, 2.05) is 6.07 Å². The lowest BCUT2D eigenvalue weighted by atomic mass is 10.2. The largest absolute Gasteiger partial charge is 0.385 e. The molecule has 1 aliphatic rings. The van der Waals surface area contributed by atoms with Gasteiger partial charge in [-0.05, 0) is 38.6 Å². The van der Waals surface area contributed by atoms with Crippen molar-refractivity contribution in [1.82, 2.24) is 4.90 Å². The summed E-state index contributed by atoms with van der Waals surface area (Å²) in [5.74, 6) is 0. The fourth-order valence-electron chi connectivity index (χ4n) is 2.17. The van der Waals surface area contributed by atoms with Crippen LogP contribution in [0.3, 0.4) is 0 Å². The molecule has 1 aliphatic heterocycles. The Labute approximate surface area is 104 Å². The lowest BCUT2D eigenvalue weighted by molar-refractivity contribution is 0.159. The van der Waals surface area contributed by atoms with Gasteiger partial charge in [-0.25, -0.2) is 0 Å². The van der Waals surface area contributed by atoms with Crippen LogP contribution in [0.4, 0.5) is 5.69 Å². The van der Waals surface area contributed by atoms with E-state index in [9.17, 15) is 0 Å². The van der Waals surface area contributed by atoms with E-state index in [1.165, 1.54) is 18.5 Å². The van der Waals surface area contributed by atoms with Crippen molar-refractivity contribution in [3.8, 4) is 0 Å². The number of ether oxygens (including phenoxy) is 1. The maximum Gasteiger partial charge on any atom is 0.0622 e. The summed E-state index contributed by atoms with van der Waals surface area (Å²) in [5.41, 5.74) is 1.21. The van der Waals surface area contributed by atoms with Crippen LogP contribution in [0.25, 0.3) is 0 Å². The molecule has 1 aromatic rings. The van der Waals surface area contributed by atoms with Crippen molar-refractivity contribution in [3.63, 3.8) is 0 Å². The second-order valence-corrected chi connectivity index (χ2v) is 4.64. The van der Waals surface area contributed by atoms with Crippen molar-refractivity contribution in [2.24, 2.45) is 0 Å². The van der Waals surface area contributed by atoms with Gasteiger partial charge < -0.3 is 15.0 Å². The number of likely N-dealkylation sites (N-methyl/N-ethyl adjacent to an activating group) is 1. The average Bonchev–Trinajstić information content (AvgIpc) is 2.89. The number of hydrogen-bond acceptors (Lipinski definition) is 3. The molecule has 0 bridgehead atoms. The van der Waals surface area contributed by atoms with E-state index in [0.717, 1.165) is 26.3 Å².